The highest BCUT2D eigenvalue weighted by atomic mass is 79.9. The number of halogens is 1. The van der Waals surface area contributed by atoms with E-state index in [0.717, 1.165) is 15.9 Å². The average Bonchev–Trinajstić information content (AvgIpc) is 2.88. The summed E-state index contributed by atoms with van der Waals surface area (Å²) in [6, 6.07) is 11.7. The summed E-state index contributed by atoms with van der Waals surface area (Å²) < 4.78 is 2.95. The Kier molecular flexibility index (Phi) is 4.98. The van der Waals surface area contributed by atoms with E-state index in [1.807, 2.05) is 54.2 Å². The Bertz CT molecular complexity index is 577. The molecule has 5 heteroatoms. The third-order valence-corrected chi connectivity index (χ3v) is 3.71. The van der Waals surface area contributed by atoms with Gasteiger partial charge in [0.05, 0.1) is 0 Å². The summed E-state index contributed by atoms with van der Waals surface area (Å²) in [5.74, 6) is -0.0342. The summed E-state index contributed by atoms with van der Waals surface area (Å²) in [6.07, 6.45) is 1.92. The van der Waals surface area contributed by atoms with Gasteiger partial charge in [-0.2, -0.15) is 0 Å². The topological polar surface area (TPSA) is 46.1 Å². The van der Waals surface area contributed by atoms with Gasteiger partial charge >= 0.3 is 0 Å². The fourth-order valence-corrected chi connectivity index (χ4v) is 2.27. The molecule has 0 radical (unpaired) electrons. The Morgan fingerprint density at radius 1 is 1.30 bits per heavy atom. The Morgan fingerprint density at radius 2 is 2.00 bits per heavy atom. The maximum atomic E-state index is 12.1. The minimum Gasteiger partial charge on any atom is -0.341 e. The quantitative estimate of drug-likeness (QED) is 0.881. The molecule has 0 aliphatic heterocycles. The van der Waals surface area contributed by atoms with Gasteiger partial charge in [-0.1, -0.05) is 15.9 Å². The predicted octanol–water partition coefficient (Wildman–Crippen LogP) is 3.17. The highest BCUT2D eigenvalue weighted by Crippen LogP contribution is 2.15. The highest BCUT2D eigenvalue weighted by Gasteiger charge is 2.10. The summed E-state index contributed by atoms with van der Waals surface area (Å²) in [4.78, 5) is 12.1. The second-order valence-corrected chi connectivity index (χ2v) is 5.54. The lowest BCUT2D eigenvalue weighted by molar-refractivity contribution is -0.116. The molecule has 2 N–H and O–H groups in total. The van der Waals surface area contributed by atoms with Crippen molar-refractivity contribution in [3.8, 4) is 0 Å². The standard InChI is InChI=1S/C15H18BrN3O/c1-11(17-2)14-4-3-9-19(14)10-15(20)18-13-7-5-12(16)6-8-13/h3-9,11,17H,10H2,1-2H3,(H,18,20). The summed E-state index contributed by atoms with van der Waals surface area (Å²) >= 11 is 3.37. The van der Waals surface area contributed by atoms with Crippen molar-refractivity contribution in [1.82, 2.24) is 9.88 Å². The van der Waals surface area contributed by atoms with E-state index in [2.05, 4.69) is 33.5 Å². The van der Waals surface area contributed by atoms with Crippen molar-refractivity contribution in [1.29, 1.82) is 0 Å². The van der Waals surface area contributed by atoms with E-state index in [1.165, 1.54) is 0 Å². The van der Waals surface area contributed by atoms with Gasteiger partial charge in [-0.15, -0.1) is 0 Å². The van der Waals surface area contributed by atoms with Crippen molar-refractivity contribution >= 4 is 27.5 Å². The molecule has 2 aromatic rings. The zero-order valence-corrected chi connectivity index (χ0v) is 13.1. The van der Waals surface area contributed by atoms with Crippen molar-refractivity contribution in [3.63, 3.8) is 0 Å². The molecular formula is C15H18BrN3O. The molecule has 1 atom stereocenters. The first-order valence-electron chi connectivity index (χ1n) is 6.48. The van der Waals surface area contributed by atoms with Crippen LogP contribution >= 0.6 is 15.9 Å². The zero-order chi connectivity index (χ0) is 14.5. The second kappa shape index (κ2) is 6.72. The Hall–Kier alpha value is -1.59. The number of carbonyl (C=O) groups excluding carboxylic acids is 1. The van der Waals surface area contributed by atoms with E-state index in [-0.39, 0.29) is 11.9 Å². The second-order valence-electron chi connectivity index (χ2n) is 4.63. The van der Waals surface area contributed by atoms with Crippen molar-refractivity contribution < 1.29 is 4.79 Å². The van der Waals surface area contributed by atoms with Crippen LogP contribution in [0.15, 0.2) is 47.1 Å². The van der Waals surface area contributed by atoms with Gasteiger partial charge in [0, 0.05) is 28.1 Å². The van der Waals surface area contributed by atoms with Crippen LogP contribution in [0.5, 0.6) is 0 Å². The third kappa shape index (κ3) is 3.71. The minimum absolute atomic E-state index is 0.0342. The van der Waals surface area contributed by atoms with Gasteiger partial charge in [0.2, 0.25) is 5.91 Å². The van der Waals surface area contributed by atoms with Crippen LogP contribution in [0.3, 0.4) is 0 Å². The molecule has 0 fully saturated rings. The van der Waals surface area contributed by atoms with Crippen LogP contribution < -0.4 is 10.6 Å². The Morgan fingerprint density at radius 3 is 2.65 bits per heavy atom. The fourth-order valence-electron chi connectivity index (χ4n) is 2.00. The summed E-state index contributed by atoms with van der Waals surface area (Å²) in [7, 11) is 1.91. The lowest BCUT2D eigenvalue weighted by Gasteiger charge is -2.14. The van der Waals surface area contributed by atoms with Crippen LogP contribution in [0.2, 0.25) is 0 Å². The van der Waals surface area contributed by atoms with Crippen LogP contribution in [-0.4, -0.2) is 17.5 Å². The molecule has 20 heavy (non-hydrogen) atoms. The van der Waals surface area contributed by atoms with Gasteiger partial charge in [-0.3, -0.25) is 4.79 Å². The number of hydrogen-bond donors (Lipinski definition) is 2. The molecule has 0 saturated carbocycles. The summed E-state index contributed by atoms with van der Waals surface area (Å²) in [5.41, 5.74) is 1.90. The van der Waals surface area contributed by atoms with E-state index in [0.29, 0.717) is 6.54 Å². The maximum Gasteiger partial charge on any atom is 0.244 e. The molecule has 1 unspecified atom stereocenters. The van der Waals surface area contributed by atoms with Crippen molar-refractivity contribution in [2.45, 2.75) is 19.5 Å². The summed E-state index contributed by atoms with van der Waals surface area (Å²) in [5, 5.41) is 6.07. The molecule has 1 heterocycles. The van der Waals surface area contributed by atoms with Crippen LogP contribution in [0.4, 0.5) is 5.69 Å². The first-order valence-corrected chi connectivity index (χ1v) is 7.27. The molecular weight excluding hydrogens is 318 g/mol. The smallest absolute Gasteiger partial charge is 0.244 e. The molecule has 2 rings (SSSR count). The van der Waals surface area contributed by atoms with Gasteiger partial charge in [0.25, 0.3) is 0 Å². The molecule has 4 nitrogen and oxygen atoms in total. The molecule has 1 aromatic heterocycles. The average molecular weight is 336 g/mol. The molecule has 106 valence electrons. The van der Waals surface area contributed by atoms with E-state index in [9.17, 15) is 4.79 Å². The first kappa shape index (κ1) is 14.8. The van der Waals surface area contributed by atoms with Gasteiger partial charge in [0.15, 0.2) is 0 Å². The van der Waals surface area contributed by atoms with Crippen molar-refractivity contribution in [2.75, 3.05) is 12.4 Å². The third-order valence-electron chi connectivity index (χ3n) is 3.18. The number of amides is 1. The number of benzene rings is 1. The number of aromatic nitrogens is 1. The molecule has 1 amide bonds. The number of carbonyl (C=O) groups is 1. The molecule has 0 saturated heterocycles. The highest BCUT2D eigenvalue weighted by molar-refractivity contribution is 9.10. The van der Waals surface area contributed by atoms with Crippen LogP contribution in [0.1, 0.15) is 18.7 Å². The lowest BCUT2D eigenvalue weighted by atomic mass is 10.2. The number of hydrogen-bond acceptors (Lipinski definition) is 2. The first-order chi connectivity index (χ1) is 9.60. The zero-order valence-electron chi connectivity index (χ0n) is 11.6. The molecule has 0 aliphatic rings. The largest absolute Gasteiger partial charge is 0.341 e. The van der Waals surface area contributed by atoms with E-state index in [4.69, 9.17) is 0 Å². The molecule has 0 bridgehead atoms. The molecule has 0 spiro atoms. The van der Waals surface area contributed by atoms with Gasteiger partial charge in [-0.05, 0) is 50.4 Å². The van der Waals surface area contributed by atoms with E-state index >= 15 is 0 Å². The number of rotatable bonds is 5. The van der Waals surface area contributed by atoms with E-state index < -0.39 is 0 Å². The fraction of sp³-hybridized carbons (Fsp3) is 0.267. The van der Waals surface area contributed by atoms with Crippen LogP contribution in [0, 0.1) is 0 Å². The molecule has 0 aliphatic carbocycles. The SMILES string of the molecule is CNC(C)c1cccn1CC(=O)Nc1ccc(Br)cc1. The Balaban J connectivity index is 2.01. The number of anilines is 1. The van der Waals surface area contributed by atoms with Crippen LogP contribution in [0.25, 0.3) is 0 Å². The molecule has 1 aromatic carbocycles. The number of nitrogens with one attached hydrogen (secondary N) is 2. The normalized spacial score (nSPS) is 12.2. The minimum atomic E-state index is -0.0342. The van der Waals surface area contributed by atoms with E-state index in [1.54, 1.807) is 0 Å². The monoisotopic (exact) mass is 335 g/mol. The lowest BCUT2D eigenvalue weighted by Crippen LogP contribution is -2.22. The van der Waals surface area contributed by atoms with Gasteiger partial charge in [0.1, 0.15) is 6.54 Å². The van der Waals surface area contributed by atoms with Crippen molar-refractivity contribution in [3.05, 3.63) is 52.8 Å². The maximum absolute atomic E-state index is 12.1. The van der Waals surface area contributed by atoms with Gasteiger partial charge in [-0.25, -0.2) is 0 Å². The van der Waals surface area contributed by atoms with Gasteiger partial charge < -0.3 is 15.2 Å². The summed E-state index contributed by atoms with van der Waals surface area (Å²) in [6.45, 7) is 2.38. The Labute approximate surface area is 127 Å². The number of nitrogens with zero attached hydrogens (tertiary/aromatic N) is 1. The predicted molar refractivity (Wildman–Crippen MR) is 84.7 cm³/mol. The van der Waals surface area contributed by atoms with Crippen molar-refractivity contribution in [2.24, 2.45) is 0 Å². The van der Waals surface area contributed by atoms with Crippen LogP contribution in [-0.2, 0) is 11.3 Å².